The molecule has 6 rings (SSSR count). The molecule has 2 aliphatic heterocycles. The predicted octanol–water partition coefficient (Wildman–Crippen LogP) is 3.59. The van der Waals surface area contributed by atoms with E-state index in [9.17, 15) is 18.3 Å². The Labute approximate surface area is 232 Å². The number of anilines is 2. The van der Waals surface area contributed by atoms with Gasteiger partial charge < -0.3 is 19.7 Å². The molecule has 0 amide bonds. The van der Waals surface area contributed by atoms with Gasteiger partial charge >= 0.3 is 0 Å². The van der Waals surface area contributed by atoms with Crippen molar-refractivity contribution in [3.05, 3.63) is 70.5 Å². The third kappa shape index (κ3) is 4.69. The van der Waals surface area contributed by atoms with Crippen LogP contribution in [0.1, 0.15) is 30.9 Å². The van der Waals surface area contributed by atoms with Crippen LogP contribution in [0.5, 0.6) is 0 Å². The lowest BCUT2D eigenvalue weighted by Gasteiger charge is -2.24. The number of aromatic nitrogens is 3. The molecule has 0 aliphatic carbocycles. The molecule has 11 heteroatoms. The average Bonchev–Trinajstić information content (AvgIpc) is 3.65. The summed E-state index contributed by atoms with van der Waals surface area (Å²) >= 11 is 0. The fourth-order valence-corrected chi connectivity index (χ4v) is 6.59. The van der Waals surface area contributed by atoms with Crippen LogP contribution in [0.3, 0.4) is 0 Å². The Hall–Kier alpha value is -3.96. The first-order valence-electron chi connectivity index (χ1n) is 13.5. The normalized spacial score (nSPS) is 17.1. The Bertz CT molecular complexity index is 1750. The fourth-order valence-electron chi connectivity index (χ4n) is 5.54. The predicted molar refractivity (Wildman–Crippen MR) is 153 cm³/mol. The van der Waals surface area contributed by atoms with Crippen LogP contribution in [-0.2, 0) is 16.3 Å². The summed E-state index contributed by atoms with van der Waals surface area (Å²) in [5.41, 5.74) is 4.97. The van der Waals surface area contributed by atoms with Gasteiger partial charge in [0, 0.05) is 42.0 Å². The molecule has 2 aliphatic rings. The van der Waals surface area contributed by atoms with Gasteiger partial charge in [0.15, 0.2) is 22.0 Å². The second-order valence-electron chi connectivity index (χ2n) is 10.3. The van der Waals surface area contributed by atoms with Crippen molar-refractivity contribution in [1.29, 1.82) is 0 Å². The van der Waals surface area contributed by atoms with Gasteiger partial charge in [-0.3, -0.25) is 4.79 Å². The molecule has 2 aromatic heterocycles. The summed E-state index contributed by atoms with van der Waals surface area (Å²) in [5.74, 6) is 0.493. The lowest BCUT2D eigenvalue weighted by atomic mass is 9.96. The lowest BCUT2D eigenvalue weighted by molar-refractivity contribution is 0.198. The van der Waals surface area contributed by atoms with Crippen LogP contribution in [0.25, 0.3) is 28.3 Å². The van der Waals surface area contributed by atoms with Crippen LogP contribution in [0, 0.1) is 6.92 Å². The molecule has 208 valence electrons. The number of aryl methyl sites for hydroxylation is 1. The molecule has 0 bridgehead atoms. The molecule has 1 atom stereocenters. The molecule has 2 N–H and O–H groups in total. The highest BCUT2D eigenvalue weighted by molar-refractivity contribution is 7.91. The van der Waals surface area contributed by atoms with Gasteiger partial charge in [0.2, 0.25) is 0 Å². The van der Waals surface area contributed by atoms with Crippen molar-refractivity contribution in [2.45, 2.75) is 44.1 Å². The van der Waals surface area contributed by atoms with E-state index < -0.39 is 21.5 Å². The second-order valence-corrected chi connectivity index (χ2v) is 12.6. The quantitative estimate of drug-likeness (QED) is 0.363. The SMILES string of the molecule is CCS(=O)(=O)c1ccc(N2CCC(O)C2)cc1-n1nc(-c2cc(C)cc(-c3cnco3)c2)c2c(c1=O)NCCC2. The Morgan fingerprint density at radius 1 is 1.18 bits per heavy atom. The first kappa shape index (κ1) is 26.3. The number of hydrogen-bond donors (Lipinski definition) is 2. The smallest absolute Gasteiger partial charge is 0.295 e. The Balaban J connectivity index is 1.61. The molecule has 0 saturated carbocycles. The number of aliphatic hydroxyl groups is 1. The van der Waals surface area contributed by atoms with Gasteiger partial charge in [-0.2, -0.15) is 9.78 Å². The van der Waals surface area contributed by atoms with Gasteiger partial charge in [0.25, 0.3) is 5.56 Å². The molecular weight excluding hydrogens is 530 g/mol. The molecule has 1 unspecified atom stereocenters. The summed E-state index contributed by atoms with van der Waals surface area (Å²) in [4.78, 5) is 20.0. The molecule has 0 spiro atoms. The molecule has 4 aromatic rings. The van der Waals surface area contributed by atoms with Crippen molar-refractivity contribution >= 4 is 21.2 Å². The van der Waals surface area contributed by atoms with Crippen LogP contribution in [0.4, 0.5) is 11.4 Å². The van der Waals surface area contributed by atoms with Crippen LogP contribution in [0.2, 0.25) is 0 Å². The summed E-state index contributed by atoms with van der Waals surface area (Å²) in [5, 5.41) is 18.2. The zero-order chi connectivity index (χ0) is 28.0. The number of hydrogen-bond acceptors (Lipinski definition) is 9. The number of rotatable bonds is 6. The lowest BCUT2D eigenvalue weighted by Crippen LogP contribution is -2.31. The molecule has 2 aromatic carbocycles. The average molecular weight is 562 g/mol. The standard InChI is InChI=1S/C29H31N5O5S/c1-3-40(37,38)26-7-6-21(33-10-8-22(35)16-33)14-24(26)34-29(36)28-23(5-4-9-31-28)27(32-34)20-12-18(2)11-19(13-20)25-15-30-17-39-25/h6-7,11-15,17,22,31,35H,3-5,8-10,16H2,1-2H3. The van der Waals surface area contributed by atoms with Gasteiger partial charge in [0.1, 0.15) is 5.69 Å². The van der Waals surface area contributed by atoms with Crippen LogP contribution in [-0.4, -0.2) is 59.8 Å². The summed E-state index contributed by atoms with van der Waals surface area (Å²) in [6.45, 7) is 5.26. The Kier molecular flexibility index (Phi) is 6.71. The Morgan fingerprint density at radius 2 is 2.00 bits per heavy atom. The van der Waals surface area contributed by atoms with Crippen molar-refractivity contribution < 1.29 is 17.9 Å². The number of nitrogens with one attached hydrogen (secondary N) is 1. The minimum Gasteiger partial charge on any atom is -0.444 e. The molecule has 0 radical (unpaired) electrons. The third-order valence-corrected chi connectivity index (χ3v) is 9.36. The maximum atomic E-state index is 13.9. The van der Waals surface area contributed by atoms with Crippen molar-refractivity contribution in [3.8, 4) is 28.3 Å². The largest absolute Gasteiger partial charge is 0.444 e. The van der Waals surface area contributed by atoms with Gasteiger partial charge in [-0.25, -0.2) is 13.4 Å². The minimum atomic E-state index is -3.69. The van der Waals surface area contributed by atoms with E-state index in [0.717, 1.165) is 34.4 Å². The van der Waals surface area contributed by atoms with E-state index in [1.807, 2.05) is 30.0 Å². The molecule has 1 saturated heterocycles. The van der Waals surface area contributed by atoms with Gasteiger partial charge in [-0.1, -0.05) is 6.92 Å². The first-order valence-corrected chi connectivity index (χ1v) is 15.1. The van der Waals surface area contributed by atoms with E-state index in [1.165, 1.54) is 11.1 Å². The maximum Gasteiger partial charge on any atom is 0.295 e. The van der Waals surface area contributed by atoms with Crippen LogP contribution in [0.15, 0.2) is 63.1 Å². The third-order valence-electron chi connectivity index (χ3n) is 7.58. The van der Waals surface area contributed by atoms with E-state index in [-0.39, 0.29) is 16.3 Å². The number of sulfone groups is 1. The molecular formula is C29H31N5O5S. The highest BCUT2D eigenvalue weighted by Gasteiger charge is 2.28. The molecule has 40 heavy (non-hydrogen) atoms. The van der Waals surface area contributed by atoms with Crippen molar-refractivity contribution in [3.63, 3.8) is 0 Å². The van der Waals surface area contributed by atoms with Crippen molar-refractivity contribution in [2.24, 2.45) is 0 Å². The van der Waals surface area contributed by atoms with Gasteiger partial charge in [-0.05, 0) is 68.1 Å². The number of oxazole rings is 1. The van der Waals surface area contributed by atoms with Crippen LogP contribution < -0.4 is 15.8 Å². The molecule has 1 fully saturated rings. The Morgan fingerprint density at radius 3 is 2.73 bits per heavy atom. The van der Waals surface area contributed by atoms with Gasteiger partial charge in [-0.15, -0.1) is 0 Å². The molecule has 10 nitrogen and oxygen atoms in total. The number of nitrogens with zero attached hydrogens (tertiary/aromatic N) is 4. The summed E-state index contributed by atoms with van der Waals surface area (Å²) < 4.78 is 33.2. The maximum absolute atomic E-state index is 13.9. The van der Waals surface area contributed by atoms with E-state index in [1.54, 1.807) is 31.3 Å². The highest BCUT2D eigenvalue weighted by atomic mass is 32.2. The number of aliphatic hydroxyl groups excluding tert-OH is 1. The second kappa shape index (κ2) is 10.2. The van der Waals surface area contributed by atoms with E-state index in [0.29, 0.717) is 49.6 Å². The van der Waals surface area contributed by atoms with E-state index in [4.69, 9.17) is 9.52 Å². The monoisotopic (exact) mass is 561 g/mol. The molecule has 4 heterocycles. The highest BCUT2D eigenvalue weighted by Crippen LogP contribution is 2.34. The van der Waals surface area contributed by atoms with E-state index >= 15 is 0 Å². The number of fused-ring (bicyclic) bond motifs is 1. The number of benzene rings is 2. The van der Waals surface area contributed by atoms with Gasteiger partial charge in [0.05, 0.1) is 34.3 Å². The topological polar surface area (TPSA) is 131 Å². The van der Waals surface area contributed by atoms with Crippen molar-refractivity contribution in [1.82, 2.24) is 14.8 Å². The van der Waals surface area contributed by atoms with Crippen LogP contribution >= 0.6 is 0 Å². The zero-order valence-corrected chi connectivity index (χ0v) is 23.2. The summed E-state index contributed by atoms with van der Waals surface area (Å²) in [6, 6.07) is 10.9. The summed E-state index contributed by atoms with van der Waals surface area (Å²) in [6.07, 6.45) is 4.70. The number of β-amino-alcohol motifs (C(OH)–C–C–N with tert-alkyl or cyclic N) is 1. The van der Waals surface area contributed by atoms with E-state index in [2.05, 4.69) is 10.3 Å². The first-order chi connectivity index (χ1) is 19.2. The fraction of sp³-hybridized carbons (Fsp3) is 0.345. The minimum absolute atomic E-state index is 0.0430. The van der Waals surface area contributed by atoms with Crippen molar-refractivity contribution in [2.75, 3.05) is 35.6 Å². The summed E-state index contributed by atoms with van der Waals surface area (Å²) in [7, 11) is -3.69. The zero-order valence-electron chi connectivity index (χ0n) is 22.4.